The Labute approximate surface area is 215 Å². The van der Waals surface area contributed by atoms with Crippen molar-refractivity contribution in [2.24, 2.45) is 0 Å². The van der Waals surface area contributed by atoms with Crippen LogP contribution in [0.1, 0.15) is 46.9 Å². The molecule has 0 spiro atoms. The molecule has 2 heterocycles. The second-order valence-electron chi connectivity index (χ2n) is 9.64. The summed E-state index contributed by atoms with van der Waals surface area (Å²) in [6.45, 7) is 9.52. The van der Waals surface area contributed by atoms with Crippen molar-refractivity contribution in [3.8, 4) is 22.6 Å². The molecule has 13 heteroatoms. The van der Waals surface area contributed by atoms with E-state index in [0.29, 0.717) is 23.6 Å². The molecule has 0 aliphatic rings. The normalized spacial score (nSPS) is 12.7. The van der Waals surface area contributed by atoms with Crippen molar-refractivity contribution in [3.63, 3.8) is 0 Å². The van der Waals surface area contributed by atoms with E-state index in [4.69, 9.17) is 5.11 Å². The number of H-pyrrole nitrogens is 1. The fourth-order valence-corrected chi connectivity index (χ4v) is 4.61. The van der Waals surface area contributed by atoms with Crippen LogP contribution in [0, 0.1) is 5.82 Å². The van der Waals surface area contributed by atoms with E-state index in [0.717, 1.165) is 0 Å². The number of hydrogen-bond donors (Lipinski definition) is 5. The van der Waals surface area contributed by atoms with Gasteiger partial charge in [-0.3, -0.25) is 4.72 Å². The second-order valence-corrected chi connectivity index (χ2v) is 11.5. The maximum Gasteiger partial charge on any atom is 0.404 e. The summed E-state index contributed by atoms with van der Waals surface area (Å²) in [5.74, 6) is -0.0518. The van der Waals surface area contributed by atoms with Crippen LogP contribution in [0.2, 0.25) is 0 Å². The number of aromatic amines is 1. The first-order valence-electron chi connectivity index (χ1n) is 11.8. The number of anilines is 2. The minimum absolute atomic E-state index is 0.103. The van der Waals surface area contributed by atoms with Gasteiger partial charge in [0.1, 0.15) is 11.5 Å². The van der Waals surface area contributed by atoms with Gasteiger partial charge in [-0.2, -0.15) is 0 Å². The number of carbonyl (C=O) groups is 1. The van der Waals surface area contributed by atoms with Gasteiger partial charge < -0.3 is 20.7 Å². The standard InChI is InChI=1S/C24H32FN7O4S/c1-6-12-37(35,36)32-16-9-7-8-15(18(16)25)19-20(31-21(30-19)24(3,4)5)17-10-11-26-22(29-17)27-13-14(2)28-23(33)34/h7-11,14,28,32H,6,12-13H2,1-5H3,(H,30,31)(H,33,34)(H,26,27,29). The van der Waals surface area contributed by atoms with E-state index < -0.39 is 33.4 Å². The lowest BCUT2D eigenvalue weighted by atomic mass is 9.96. The van der Waals surface area contributed by atoms with Crippen molar-refractivity contribution in [1.29, 1.82) is 0 Å². The van der Waals surface area contributed by atoms with E-state index in [-0.39, 0.29) is 35.2 Å². The first-order valence-corrected chi connectivity index (χ1v) is 13.4. The predicted molar refractivity (Wildman–Crippen MR) is 141 cm³/mol. The lowest BCUT2D eigenvalue weighted by Gasteiger charge is -2.14. The molecule has 0 saturated carbocycles. The zero-order valence-corrected chi connectivity index (χ0v) is 22.2. The molecule has 3 rings (SSSR count). The zero-order valence-electron chi connectivity index (χ0n) is 21.4. The Kier molecular flexibility index (Phi) is 8.36. The van der Waals surface area contributed by atoms with Crippen LogP contribution in [0.25, 0.3) is 22.6 Å². The highest BCUT2D eigenvalue weighted by molar-refractivity contribution is 7.92. The van der Waals surface area contributed by atoms with Gasteiger partial charge in [0.2, 0.25) is 16.0 Å². The smallest absolute Gasteiger partial charge is 0.404 e. The Morgan fingerprint density at radius 3 is 2.59 bits per heavy atom. The van der Waals surface area contributed by atoms with Crippen molar-refractivity contribution >= 4 is 27.8 Å². The largest absolute Gasteiger partial charge is 0.465 e. The summed E-state index contributed by atoms with van der Waals surface area (Å²) in [7, 11) is -3.70. The van der Waals surface area contributed by atoms with Crippen LogP contribution in [0.3, 0.4) is 0 Å². The predicted octanol–water partition coefficient (Wildman–Crippen LogP) is 4.19. The topological polar surface area (TPSA) is 162 Å². The van der Waals surface area contributed by atoms with E-state index in [1.807, 2.05) is 20.8 Å². The molecule has 1 atom stereocenters. The van der Waals surface area contributed by atoms with Crippen LogP contribution in [-0.2, 0) is 15.4 Å². The SMILES string of the molecule is CCCS(=O)(=O)Nc1cccc(-c2nc(C(C)(C)C)[nH]c2-c2ccnc(NCC(C)NC(=O)O)n2)c1F. The maximum atomic E-state index is 15.6. The van der Waals surface area contributed by atoms with Crippen LogP contribution in [-0.4, -0.2) is 57.9 Å². The summed E-state index contributed by atoms with van der Waals surface area (Å²) in [6.07, 6.45) is 0.777. The van der Waals surface area contributed by atoms with Crippen molar-refractivity contribution < 1.29 is 22.7 Å². The average Bonchev–Trinajstić information content (AvgIpc) is 3.25. The third kappa shape index (κ3) is 7.15. The van der Waals surface area contributed by atoms with Gasteiger partial charge in [-0.25, -0.2) is 32.6 Å². The van der Waals surface area contributed by atoms with Crippen molar-refractivity contribution in [2.45, 2.75) is 52.5 Å². The number of sulfonamides is 1. The molecule has 1 unspecified atom stereocenters. The number of rotatable bonds is 10. The Morgan fingerprint density at radius 2 is 1.95 bits per heavy atom. The summed E-state index contributed by atoms with van der Waals surface area (Å²) >= 11 is 0. The van der Waals surface area contributed by atoms with Gasteiger partial charge in [0.15, 0.2) is 5.82 Å². The first kappa shape index (κ1) is 27.8. The van der Waals surface area contributed by atoms with Gasteiger partial charge in [0.05, 0.1) is 22.8 Å². The Bertz CT molecular complexity index is 1370. The third-order valence-electron chi connectivity index (χ3n) is 5.25. The van der Waals surface area contributed by atoms with Crippen molar-refractivity contribution in [3.05, 3.63) is 42.1 Å². The number of nitrogens with zero attached hydrogens (tertiary/aromatic N) is 3. The summed E-state index contributed by atoms with van der Waals surface area (Å²) in [6, 6.07) is 5.69. The van der Waals surface area contributed by atoms with E-state index in [9.17, 15) is 13.2 Å². The monoisotopic (exact) mass is 533 g/mol. The lowest BCUT2D eigenvalue weighted by Crippen LogP contribution is -2.36. The number of benzene rings is 1. The lowest BCUT2D eigenvalue weighted by molar-refractivity contribution is 0.191. The molecule has 3 aromatic rings. The number of halogens is 1. The Morgan fingerprint density at radius 1 is 1.22 bits per heavy atom. The van der Waals surface area contributed by atoms with Gasteiger partial charge in [-0.05, 0) is 31.5 Å². The van der Waals surface area contributed by atoms with Crippen LogP contribution >= 0.6 is 0 Å². The molecule has 37 heavy (non-hydrogen) atoms. The van der Waals surface area contributed by atoms with Gasteiger partial charge >= 0.3 is 6.09 Å². The van der Waals surface area contributed by atoms with Crippen LogP contribution in [0.5, 0.6) is 0 Å². The van der Waals surface area contributed by atoms with Gasteiger partial charge in [-0.1, -0.05) is 33.8 Å². The van der Waals surface area contributed by atoms with Gasteiger partial charge in [0.25, 0.3) is 0 Å². The Balaban J connectivity index is 2.05. The molecular formula is C24H32FN7O4S. The summed E-state index contributed by atoms with van der Waals surface area (Å²) < 4.78 is 42.5. The minimum atomic E-state index is -3.70. The number of carboxylic acid groups (broad SMARTS) is 1. The maximum absolute atomic E-state index is 15.6. The minimum Gasteiger partial charge on any atom is -0.465 e. The highest BCUT2D eigenvalue weighted by Gasteiger charge is 2.26. The molecule has 0 aliphatic heterocycles. The number of hydrogen-bond acceptors (Lipinski definition) is 7. The number of imidazole rings is 1. The molecule has 1 amide bonds. The fourth-order valence-electron chi connectivity index (χ4n) is 3.48. The molecule has 5 N–H and O–H groups in total. The Hall–Kier alpha value is -3.74. The number of aromatic nitrogens is 4. The summed E-state index contributed by atoms with van der Waals surface area (Å²) in [5, 5.41) is 14.2. The molecule has 1 aromatic carbocycles. The molecule has 0 bridgehead atoms. The number of nitrogens with one attached hydrogen (secondary N) is 4. The average molecular weight is 534 g/mol. The second kappa shape index (κ2) is 11.1. The van der Waals surface area contributed by atoms with Crippen molar-refractivity contribution in [2.75, 3.05) is 22.3 Å². The van der Waals surface area contributed by atoms with E-state index in [1.165, 1.54) is 18.3 Å². The summed E-state index contributed by atoms with van der Waals surface area (Å²) in [4.78, 5) is 27.4. The van der Waals surface area contributed by atoms with Crippen LogP contribution in [0.15, 0.2) is 30.5 Å². The molecule has 11 nitrogen and oxygen atoms in total. The van der Waals surface area contributed by atoms with E-state index in [2.05, 4.69) is 35.3 Å². The quantitative estimate of drug-likeness (QED) is 0.259. The van der Waals surface area contributed by atoms with Gasteiger partial charge in [-0.15, -0.1) is 0 Å². The molecule has 0 fully saturated rings. The third-order valence-corrected chi connectivity index (χ3v) is 6.73. The van der Waals surface area contributed by atoms with Crippen molar-refractivity contribution in [1.82, 2.24) is 25.3 Å². The zero-order chi connectivity index (χ0) is 27.4. The first-order chi connectivity index (χ1) is 17.3. The van der Waals surface area contributed by atoms with Gasteiger partial charge in [0, 0.05) is 29.8 Å². The van der Waals surface area contributed by atoms with Crippen LogP contribution < -0.4 is 15.4 Å². The molecule has 0 aliphatic carbocycles. The number of amides is 1. The fraction of sp³-hybridized carbons (Fsp3) is 0.417. The van der Waals surface area contributed by atoms with E-state index in [1.54, 1.807) is 26.0 Å². The highest BCUT2D eigenvalue weighted by Crippen LogP contribution is 2.36. The molecule has 200 valence electrons. The highest BCUT2D eigenvalue weighted by atomic mass is 32.2. The molecule has 0 saturated heterocycles. The molecule has 2 aromatic heterocycles. The van der Waals surface area contributed by atoms with Crippen LogP contribution in [0.4, 0.5) is 20.8 Å². The summed E-state index contributed by atoms with van der Waals surface area (Å²) in [5.41, 5.74) is 0.651. The van der Waals surface area contributed by atoms with E-state index >= 15 is 4.39 Å². The molecular weight excluding hydrogens is 501 g/mol. The molecule has 0 radical (unpaired) electrons.